The minimum absolute atomic E-state index is 0.0299. The van der Waals surface area contributed by atoms with Crippen molar-refractivity contribution in [1.82, 2.24) is 14.7 Å². The van der Waals surface area contributed by atoms with Crippen LogP contribution in [0.5, 0.6) is 0 Å². The number of likely N-dealkylation sites (tertiary alicyclic amines) is 1. The van der Waals surface area contributed by atoms with Gasteiger partial charge in [0.2, 0.25) is 0 Å². The second kappa shape index (κ2) is 9.36. The van der Waals surface area contributed by atoms with Crippen molar-refractivity contribution in [2.75, 3.05) is 20.2 Å². The van der Waals surface area contributed by atoms with Gasteiger partial charge in [0.25, 0.3) is 0 Å². The Hall–Kier alpha value is -2.45. The first-order chi connectivity index (χ1) is 15.0. The van der Waals surface area contributed by atoms with E-state index >= 15 is 0 Å². The van der Waals surface area contributed by atoms with Crippen molar-refractivity contribution in [3.8, 4) is 0 Å². The lowest BCUT2D eigenvalue weighted by Gasteiger charge is -2.37. The van der Waals surface area contributed by atoms with Crippen molar-refractivity contribution in [1.29, 1.82) is 0 Å². The third-order valence-electron chi connectivity index (χ3n) is 5.84. The summed E-state index contributed by atoms with van der Waals surface area (Å²) < 4.78 is 20.8. The SMILES string of the molecule is COC(=O)Cn1cc(C=C2CN(C(C(=O)C3CC3)c3ccccc3F)CCC2S)cn1. The number of carbonyl (C=O) groups excluding carboxylic acids is 2. The summed E-state index contributed by atoms with van der Waals surface area (Å²) in [7, 11) is 1.34. The highest BCUT2D eigenvalue weighted by atomic mass is 32.1. The lowest BCUT2D eigenvalue weighted by atomic mass is 9.93. The molecule has 6 nitrogen and oxygen atoms in total. The number of benzene rings is 1. The molecular formula is C23H26FN3O3S. The predicted molar refractivity (Wildman–Crippen MR) is 118 cm³/mol. The monoisotopic (exact) mass is 443 g/mol. The fourth-order valence-electron chi connectivity index (χ4n) is 4.02. The van der Waals surface area contributed by atoms with Gasteiger partial charge in [-0.2, -0.15) is 17.7 Å². The molecule has 2 unspecified atom stereocenters. The standard InChI is InChI=1S/C23H26FN3O3S/c1-30-21(28)14-27-12-15(11-25-27)10-17-13-26(9-8-20(17)31)22(23(29)16-6-7-16)18-4-2-3-5-19(18)24/h2-5,10-12,16,20,22,31H,6-9,13-14H2,1H3. The molecule has 0 amide bonds. The number of aromatic nitrogens is 2. The molecule has 4 rings (SSSR count). The Morgan fingerprint density at radius 3 is 2.81 bits per heavy atom. The lowest BCUT2D eigenvalue weighted by molar-refractivity contribution is -0.141. The molecule has 8 heteroatoms. The van der Waals surface area contributed by atoms with Crippen LogP contribution in [0.3, 0.4) is 0 Å². The van der Waals surface area contributed by atoms with E-state index in [-0.39, 0.29) is 35.3 Å². The van der Waals surface area contributed by atoms with Crippen molar-refractivity contribution in [3.05, 3.63) is 59.2 Å². The van der Waals surface area contributed by atoms with Crippen LogP contribution in [-0.2, 0) is 20.9 Å². The van der Waals surface area contributed by atoms with E-state index in [0.717, 1.165) is 30.4 Å². The number of rotatable bonds is 7. The van der Waals surface area contributed by atoms with E-state index in [9.17, 15) is 14.0 Å². The third-order valence-corrected chi connectivity index (χ3v) is 6.43. The van der Waals surface area contributed by atoms with E-state index in [2.05, 4.69) is 14.7 Å². The Morgan fingerprint density at radius 2 is 2.10 bits per heavy atom. The quantitative estimate of drug-likeness (QED) is 0.526. The number of hydrogen-bond donors (Lipinski definition) is 1. The number of ether oxygens (including phenoxy) is 1. The van der Waals surface area contributed by atoms with Gasteiger partial charge in [-0.15, -0.1) is 0 Å². The highest BCUT2D eigenvalue weighted by Crippen LogP contribution is 2.39. The average Bonchev–Trinajstić information content (AvgIpc) is 3.53. The summed E-state index contributed by atoms with van der Waals surface area (Å²) in [6.07, 6.45) is 7.97. The number of hydrogen-bond acceptors (Lipinski definition) is 6. The Balaban J connectivity index is 1.58. The van der Waals surface area contributed by atoms with Crippen LogP contribution in [0.4, 0.5) is 4.39 Å². The van der Waals surface area contributed by atoms with E-state index in [4.69, 9.17) is 12.6 Å². The first-order valence-corrected chi connectivity index (χ1v) is 11.0. The van der Waals surface area contributed by atoms with Gasteiger partial charge in [0, 0.05) is 41.6 Å². The molecule has 2 heterocycles. The maximum Gasteiger partial charge on any atom is 0.327 e. The zero-order valence-electron chi connectivity index (χ0n) is 17.4. The summed E-state index contributed by atoms with van der Waals surface area (Å²) in [6, 6.07) is 5.98. The van der Waals surface area contributed by atoms with Crippen molar-refractivity contribution in [3.63, 3.8) is 0 Å². The normalized spacial score (nSPS) is 21.8. The number of carbonyl (C=O) groups is 2. The molecular weight excluding hydrogens is 417 g/mol. The van der Waals surface area contributed by atoms with E-state index in [0.29, 0.717) is 18.7 Å². The molecule has 0 spiro atoms. The number of thiol groups is 1. The number of methoxy groups -OCH3 is 1. The second-order valence-corrected chi connectivity index (χ2v) is 8.77. The zero-order valence-corrected chi connectivity index (χ0v) is 18.3. The van der Waals surface area contributed by atoms with Crippen molar-refractivity contribution in [2.45, 2.75) is 37.1 Å². The molecule has 1 aromatic heterocycles. The number of Topliss-reactive ketones (excluding diaryl/α,β-unsaturated/α-hetero) is 1. The number of nitrogens with zero attached hydrogens (tertiary/aromatic N) is 3. The number of halogens is 1. The fourth-order valence-corrected chi connectivity index (χ4v) is 4.30. The van der Waals surface area contributed by atoms with Crippen LogP contribution in [0.1, 0.15) is 36.4 Å². The lowest BCUT2D eigenvalue weighted by Crippen LogP contribution is -2.42. The number of esters is 1. The molecule has 1 aliphatic carbocycles. The summed E-state index contributed by atoms with van der Waals surface area (Å²) in [4.78, 5) is 26.7. The number of ketones is 1. The molecule has 1 aromatic carbocycles. The van der Waals surface area contributed by atoms with Crippen molar-refractivity contribution in [2.24, 2.45) is 5.92 Å². The van der Waals surface area contributed by atoms with E-state index < -0.39 is 6.04 Å². The molecule has 0 radical (unpaired) electrons. The smallest absolute Gasteiger partial charge is 0.327 e. The largest absolute Gasteiger partial charge is 0.468 e. The first-order valence-electron chi connectivity index (χ1n) is 10.5. The van der Waals surface area contributed by atoms with Gasteiger partial charge in [-0.25, -0.2) is 4.39 Å². The van der Waals surface area contributed by atoms with Gasteiger partial charge in [-0.3, -0.25) is 19.2 Å². The Kier molecular flexibility index (Phi) is 6.57. The Morgan fingerprint density at radius 1 is 1.32 bits per heavy atom. The second-order valence-electron chi connectivity index (χ2n) is 8.14. The molecule has 2 fully saturated rings. The van der Waals surface area contributed by atoms with Gasteiger partial charge in [0.1, 0.15) is 12.4 Å². The molecule has 1 saturated carbocycles. The predicted octanol–water partition coefficient (Wildman–Crippen LogP) is 3.30. The Labute approximate surface area is 186 Å². The minimum atomic E-state index is -0.583. The number of piperidine rings is 1. The summed E-state index contributed by atoms with van der Waals surface area (Å²) >= 11 is 4.73. The van der Waals surface area contributed by atoms with E-state index in [1.54, 1.807) is 30.6 Å². The summed E-state index contributed by atoms with van der Waals surface area (Å²) in [5, 5.41) is 4.24. The van der Waals surface area contributed by atoms with E-state index in [1.165, 1.54) is 17.9 Å². The third kappa shape index (κ3) is 5.07. The van der Waals surface area contributed by atoms with Gasteiger partial charge >= 0.3 is 5.97 Å². The van der Waals surface area contributed by atoms with Gasteiger partial charge < -0.3 is 4.74 Å². The van der Waals surface area contributed by atoms with Crippen LogP contribution in [0.15, 0.2) is 42.2 Å². The highest BCUT2D eigenvalue weighted by Gasteiger charge is 2.40. The van der Waals surface area contributed by atoms with Crippen molar-refractivity contribution >= 4 is 30.5 Å². The average molecular weight is 444 g/mol. The highest BCUT2D eigenvalue weighted by molar-refractivity contribution is 7.81. The summed E-state index contributed by atoms with van der Waals surface area (Å²) in [5.41, 5.74) is 2.33. The molecule has 2 aromatic rings. The van der Waals surface area contributed by atoms with Gasteiger partial charge in [-0.1, -0.05) is 24.3 Å². The van der Waals surface area contributed by atoms with Crippen molar-refractivity contribution < 1.29 is 18.7 Å². The summed E-state index contributed by atoms with van der Waals surface area (Å²) in [5.74, 6) is -0.580. The van der Waals surface area contributed by atoms with Crippen LogP contribution < -0.4 is 0 Å². The molecule has 1 saturated heterocycles. The molecule has 2 aliphatic rings. The summed E-state index contributed by atoms with van der Waals surface area (Å²) in [6.45, 7) is 1.24. The Bertz CT molecular complexity index is 1000. The molecule has 1 aliphatic heterocycles. The molecule has 164 valence electrons. The van der Waals surface area contributed by atoms with Gasteiger partial charge in [-0.05, 0) is 30.9 Å². The topological polar surface area (TPSA) is 64.4 Å². The van der Waals surface area contributed by atoms with Gasteiger partial charge in [0.15, 0.2) is 5.78 Å². The molecule has 31 heavy (non-hydrogen) atoms. The van der Waals surface area contributed by atoms with Crippen LogP contribution in [0, 0.1) is 11.7 Å². The zero-order chi connectivity index (χ0) is 22.0. The van der Waals surface area contributed by atoms with Crippen LogP contribution in [0.2, 0.25) is 0 Å². The fraction of sp³-hybridized carbons (Fsp3) is 0.435. The van der Waals surface area contributed by atoms with Gasteiger partial charge in [0.05, 0.1) is 19.3 Å². The maximum absolute atomic E-state index is 14.6. The molecule has 0 N–H and O–H groups in total. The maximum atomic E-state index is 14.6. The van der Waals surface area contributed by atoms with Crippen LogP contribution in [-0.4, -0.2) is 51.9 Å². The molecule has 0 bridgehead atoms. The van der Waals surface area contributed by atoms with E-state index in [1.807, 2.05) is 6.08 Å². The minimum Gasteiger partial charge on any atom is -0.468 e. The van der Waals surface area contributed by atoms with Crippen LogP contribution >= 0.6 is 12.6 Å². The first kappa shape index (κ1) is 21.8. The van der Waals surface area contributed by atoms with Crippen LogP contribution in [0.25, 0.3) is 6.08 Å². The molecule has 2 atom stereocenters.